The first-order chi connectivity index (χ1) is 14.7. The van der Waals surface area contributed by atoms with Crippen LogP contribution in [-0.2, 0) is 20.5 Å². The number of thiophene rings is 1. The van der Waals surface area contributed by atoms with Crippen molar-refractivity contribution in [2.45, 2.75) is 6.18 Å². The van der Waals surface area contributed by atoms with E-state index in [1.807, 2.05) is 47.8 Å². The van der Waals surface area contributed by atoms with Crippen LogP contribution in [0.15, 0.2) is 66.7 Å². The van der Waals surface area contributed by atoms with Gasteiger partial charge in [-0.05, 0) is 35.9 Å². The summed E-state index contributed by atoms with van der Waals surface area (Å²) in [6, 6.07) is 16.6. The summed E-state index contributed by atoms with van der Waals surface area (Å²) in [4.78, 5) is 25.6. The monoisotopic (exact) mass is 465 g/mol. The third-order valence-corrected chi connectivity index (χ3v) is 5.41. The topological polar surface area (TPSA) is 55.4 Å². The highest BCUT2D eigenvalue weighted by molar-refractivity contribution is 7.16. The Bertz CT molecular complexity index is 1110. The number of para-hydroxylation sites is 1. The second kappa shape index (κ2) is 9.80. The Kier molecular flexibility index (Phi) is 7.14. The molecule has 0 aliphatic rings. The van der Waals surface area contributed by atoms with Gasteiger partial charge in [-0.25, -0.2) is 4.79 Å². The van der Waals surface area contributed by atoms with Gasteiger partial charge in [0, 0.05) is 15.8 Å². The third kappa shape index (κ3) is 6.19. The fourth-order valence-corrected chi connectivity index (χ4v) is 3.74. The number of halogens is 4. The van der Waals surface area contributed by atoms with Crippen LogP contribution in [0.25, 0.3) is 16.5 Å². The lowest BCUT2D eigenvalue weighted by atomic mass is 10.1. The van der Waals surface area contributed by atoms with Gasteiger partial charge in [-0.2, -0.15) is 13.2 Å². The molecule has 0 bridgehead atoms. The molecule has 1 aromatic heterocycles. The number of ether oxygens (including phenoxy) is 1. The highest BCUT2D eigenvalue weighted by atomic mass is 35.5. The van der Waals surface area contributed by atoms with E-state index in [2.05, 4.69) is 0 Å². The highest BCUT2D eigenvalue weighted by Gasteiger charge is 2.34. The van der Waals surface area contributed by atoms with Crippen LogP contribution >= 0.6 is 22.9 Å². The standard InChI is InChI=1S/C22H15ClF3NO3S/c23-17-8-4-7-16(22(24,25)26)21(17)27-19(28)13-30-20(29)12-10-15-9-11-18(31-15)14-5-2-1-3-6-14/h1-12H,13H2,(H,27,28)/b12-10+. The summed E-state index contributed by atoms with van der Waals surface area (Å²) >= 11 is 7.24. The van der Waals surface area contributed by atoms with Gasteiger partial charge in [-0.3, -0.25) is 4.79 Å². The molecule has 0 spiro atoms. The summed E-state index contributed by atoms with van der Waals surface area (Å²) in [5.41, 5.74) is -0.629. The van der Waals surface area contributed by atoms with E-state index >= 15 is 0 Å². The molecule has 0 saturated heterocycles. The van der Waals surface area contributed by atoms with Gasteiger partial charge in [0.25, 0.3) is 5.91 Å². The molecule has 2 aromatic carbocycles. The van der Waals surface area contributed by atoms with Gasteiger partial charge in [-0.15, -0.1) is 11.3 Å². The Labute approximate surface area is 184 Å². The third-order valence-electron chi connectivity index (χ3n) is 4.00. The summed E-state index contributed by atoms with van der Waals surface area (Å²) in [7, 11) is 0. The quantitative estimate of drug-likeness (QED) is 0.344. The SMILES string of the molecule is O=C(COC(=O)/C=C/c1ccc(-c2ccccc2)s1)Nc1c(Cl)cccc1C(F)(F)F. The first kappa shape index (κ1) is 22.6. The van der Waals surface area contributed by atoms with E-state index in [0.29, 0.717) is 0 Å². The number of esters is 1. The molecule has 160 valence electrons. The van der Waals surface area contributed by atoms with Crippen molar-refractivity contribution in [2.24, 2.45) is 0 Å². The Balaban J connectivity index is 1.56. The summed E-state index contributed by atoms with van der Waals surface area (Å²) in [5, 5.41) is 1.77. The van der Waals surface area contributed by atoms with Crippen LogP contribution in [0.3, 0.4) is 0 Å². The number of rotatable bonds is 6. The zero-order valence-corrected chi connectivity index (χ0v) is 17.4. The summed E-state index contributed by atoms with van der Waals surface area (Å²) in [6.07, 6.45) is -2.02. The second-order valence-corrected chi connectivity index (χ2v) is 7.74. The smallest absolute Gasteiger partial charge is 0.418 e. The molecule has 0 radical (unpaired) electrons. The van der Waals surface area contributed by atoms with Gasteiger partial charge in [0.05, 0.1) is 16.3 Å². The number of hydrogen-bond acceptors (Lipinski definition) is 4. The molecular formula is C22H15ClF3NO3S. The first-order valence-electron chi connectivity index (χ1n) is 8.89. The molecule has 3 rings (SSSR count). The maximum absolute atomic E-state index is 13.1. The largest absolute Gasteiger partial charge is 0.452 e. The maximum Gasteiger partial charge on any atom is 0.418 e. The molecule has 3 aromatic rings. The summed E-state index contributed by atoms with van der Waals surface area (Å²) in [5.74, 6) is -1.75. The normalized spacial score (nSPS) is 11.5. The Morgan fingerprint density at radius 2 is 1.77 bits per heavy atom. The van der Waals surface area contributed by atoms with Crippen LogP contribution in [0.2, 0.25) is 5.02 Å². The lowest BCUT2D eigenvalue weighted by molar-refractivity contribution is -0.142. The molecule has 0 fully saturated rings. The lowest BCUT2D eigenvalue weighted by Gasteiger charge is -2.15. The van der Waals surface area contributed by atoms with Crippen molar-refractivity contribution in [1.82, 2.24) is 0 Å². The molecule has 4 nitrogen and oxygen atoms in total. The lowest BCUT2D eigenvalue weighted by Crippen LogP contribution is -2.22. The molecular weight excluding hydrogens is 451 g/mol. The molecule has 0 saturated carbocycles. The molecule has 0 atom stereocenters. The van der Waals surface area contributed by atoms with Crippen LogP contribution in [0.1, 0.15) is 10.4 Å². The van der Waals surface area contributed by atoms with E-state index in [1.165, 1.54) is 23.5 Å². The number of anilines is 1. The number of carbonyl (C=O) groups excluding carboxylic acids is 2. The van der Waals surface area contributed by atoms with Crippen molar-refractivity contribution in [3.63, 3.8) is 0 Å². The zero-order valence-electron chi connectivity index (χ0n) is 15.8. The number of alkyl halides is 3. The van der Waals surface area contributed by atoms with Crippen LogP contribution in [0.5, 0.6) is 0 Å². The van der Waals surface area contributed by atoms with E-state index in [-0.39, 0.29) is 5.02 Å². The van der Waals surface area contributed by atoms with Gasteiger partial charge in [0.2, 0.25) is 0 Å². The van der Waals surface area contributed by atoms with Crippen molar-refractivity contribution in [3.05, 3.63) is 82.2 Å². The number of benzene rings is 2. The second-order valence-electron chi connectivity index (χ2n) is 6.22. The fourth-order valence-electron chi connectivity index (χ4n) is 2.60. The van der Waals surface area contributed by atoms with E-state index in [4.69, 9.17) is 16.3 Å². The highest BCUT2D eigenvalue weighted by Crippen LogP contribution is 2.38. The molecule has 1 N–H and O–H groups in total. The Hall–Kier alpha value is -3.10. The van der Waals surface area contributed by atoms with Gasteiger partial charge < -0.3 is 10.1 Å². The molecule has 0 aliphatic heterocycles. The first-order valence-corrected chi connectivity index (χ1v) is 10.1. The van der Waals surface area contributed by atoms with Crippen molar-refractivity contribution in [3.8, 4) is 10.4 Å². The van der Waals surface area contributed by atoms with Crippen molar-refractivity contribution in [1.29, 1.82) is 0 Å². The maximum atomic E-state index is 13.1. The zero-order chi connectivity index (χ0) is 22.4. The van der Waals surface area contributed by atoms with Gasteiger partial charge in [0.1, 0.15) is 0 Å². The van der Waals surface area contributed by atoms with Crippen molar-refractivity contribution in [2.75, 3.05) is 11.9 Å². The minimum atomic E-state index is -4.70. The van der Waals surface area contributed by atoms with Gasteiger partial charge in [0.15, 0.2) is 6.61 Å². The van der Waals surface area contributed by atoms with Crippen molar-refractivity contribution < 1.29 is 27.5 Å². The number of amides is 1. The molecule has 1 amide bonds. The number of nitrogens with one attached hydrogen (secondary N) is 1. The molecule has 0 aliphatic carbocycles. The molecule has 1 heterocycles. The summed E-state index contributed by atoms with van der Waals surface area (Å²) < 4.78 is 44.0. The molecule has 9 heteroatoms. The van der Waals surface area contributed by atoms with Crippen molar-refractivity contribution >= 4 is 46.6 Å². The van der Waals surface area contributed by atoms with E-state index in [0.717, 1.165) is 33.5 Å². The minimum Gasteiger partial charge on any atom is -0.452 e. The predicted octanol–water partition coefficient (Wildman–Crippen LogP) is 6.28. The van der Waals surface area contributed by atoms with E-state index < -0.39 is 35.9 Å². The van der Waals surface area contributed by atoms with E-state index in [1.54, 1.807) is 0 Å². The fraction of sp³-hybridized carbons (Fsp3) is 0.0909. The van der Waals surface area contributed by atoms with Gasteiger partial charge in [-0.1, -0.05) is 48.0 Å². The molecule has 31 heavy (non-hydrogen) atoms. The van der Waals surface area contributed by atoms with E-state index in [9.17, 15) is 22.8 Å². The summed E-state index contributed by atoms with van der Waals surface area (Å²) in [6.45, 7) is -0.759. The Morgan fingerprint density at radius 1 is 1.03 bits per heavy atom. The van der Waals surface area contributed by atoms with Crippen LogP contribution in [0.4, 0.5) is 18.9 Å². The molecule has 0 unspecified atom stereocenters. The average molecular weight is 466 g/mol. The average Bonchev–Trinajstić information content (AvgIpc) is 3.21. The minimum absolute atomic E-state index is 0.277. The van der Waals surface area contributed by atoms with Crippen LogP contribution in [0, 0.1) is 0 Å². The van der Waals surface area contributed by atoms with Gasteiger partial charge >= 0.3 is 12.1 Å². The van der Waals surface area contributed by atoms with Crippen LogP contribution in [-0.4, -0.2) is 18.5 Å². The Morgan fingerprint density at radius 3 is 2.48 bits per heavy atom. The number of hydrogen-bond donors (Lipinski definition) is 1. The number of carbonyl (C=O) groups is 2. The predicted molar refractivity (Wildman–Crippen MR) is 115 cm³/mol. The van der Waals surface area contributed by atoms with Crippen LogP contribution < -0.4 is 5.32 Å².